The number of piperidine rings is 1. The molecule has 1 aliphatic rings. The molecule has 0 radical (unpaired) electrons. The number of nitrogens with zero attached hydrogens (tertiary/aromatic N) is 3. The highest BCUT2D eigenvalue weighted by molar-refractivity contribution is 5.71. The minimum absolute atomic E-state index is 0.311. The van der Waals surface area contributed by atoms with Gasteiger partial charge in [-0.2, -0.15) is 0 Å². The fourth-order valence-corrected chi connectivity index (χ4v) is 2.64. The Morgan fingerprint density at radius 2 is 1.95 bits per heavy atom. The van der Waals surface area contributed by atoms with Gasteiger partial charge in [-0.05, 0) is 25.0 Å². The second-order valence-corrected chi connectivity index (χ2v) is 5.27. The molecule has 0 saturated carbocycles. The molecule has 2 aromatic rings. The summed E-state index contributed by atoms with van der Waals surface area (Å²) in [6.45, 7) is 1.35. The van der Waals surface area contributed by atoms with Crippen LogP contribution in [0.2, 0.25) is 0 Å². The Labute approximate surface area is 123 Å². The summed E-state index contributed by atoms with van der Waals surface area (Å²) in [5.74, 6) is -0.288. The molecule has 2 heterocycles. The van der Waals surface area contributed by atoms with Gasteiger partial charge in [-0.1, -0.05) is 30.3 Å². The van der Waals surface area contributed by atoms with E-state index >= 15 is 0 Å². The molecule has 5 heteroatoms. The van der Waals surface area contributed by atoms with E-state index in [2.05, 4.69) is 10.2 Å². The molecule has 0 unspecified atom stereocenters. The molecule has 1 fully saturated rings. The largest absolute Gasteiger partial charge is 0.481 e. The molecule has 0 spiro atoms. The summed E-state index contributed by atoms with van der Waals surface area (Å²) in [5, 5.41) is 17.6. The van der Waals surface area contributed by atoms with E-state index in [1.54, 1.807) is 0 Å². The van der Waals surface area contributed by atoms with Gasteiger partial charge in [0.25, 0.3) is 0 Å². The van der Waals surface area contributed by atoms with Crippen molar-refractivity contribution in [3.05, 3.63) is 42.5 Å². The van der Waals surface area contributed by atoms with Gasteiger partial charge < -0.3 is 10.0 Å². The number of hydrogen-bond donors (Lipinski definition) is 1. The highest BCUT2D eigenvalue weighted by Gasteiger charge is 2.26. The van der Waals surface area contributed by atoms with Crippen LogP contribution in [0.1, 0.15) is 12.8 Å². The number of benzene rings is 1. The number of aliphatic carboxylic acids is 1. The molecule has 1 aromatic carbocycles. The maximum atomic E-state index is 11.1. The van der Waals surface area contributed by atoms with E-state index in [1.165, 1.54) is 0 Å². The molecule has 0 bridgehead atoms. The molecule has 1 saturated heterocycles. The highest BCUT2D eigenvalue weighted by Crippen LogP contribution is 2.23. The summed E-state index contributed by atoms with van der Waals surface area (Å²) in [4.78, 5) is 13.1. The predicted octanol–water partition coefficient (Wildman–Crippen LogP) is 2.44. The first-order valence-corrected chi connectivity index (χ1v) is 7.11. The van der Waals surface area contributed by atoms with Gasteiger partial charge >= 0.3 is 5.97 Å². The van der Waals surface area contributed by atoms with Crippen molar-refractivity contribution in [3.8, 4) is 11.3 Å². The summed E-state index contributed by atoms with van der Waals surface area (Å²) in [6, 6.07) is 13.7. The molecule has 1 aromatic heterocycles. The van der Waals surface area contributed by atoms with Crippen molar-refractivity contribution >= 4 is 11.8 Å². The second-order valence-electron chi connectivity index (χ2n) is 5.27. The molecule has 21 heavy (non-hydrogen) atoms. The standard InChI is InChI=1S/C16H17N3O2/c20-16(21)13-7-4-10-19(11-13)15-9-8-14(17-18-15)12-5-2-1-3-6-12/h1-3,5-6,8-9,13H,4,7,10-11H2,(H,20,21)/t13-/m1/s1. The average molecular weight is 283 g/mol. The quantitative estimate of drug-likeness (QED) is 0.937. The van der Waals surface area contributed by atoms with Gasteiger partial charge in [0.05, 0.1) is 11.6 Å². The first-order chi connectivity index (χ1) is 10.2. The SMILES string of the molecule is O=C(O)[C@@H]1CCCN(c2ccc(-c3ccccc3)nn2)C1. The molecule has 1 N–H and O–H groups in total. The van der Waals surface area contributed by atoms with Crippen LogP contribution in [0.4, 0.5) is 5.82 Å². The summed E-state index contributed by atoms with van der Waals surface area (Å²) in [7, 11) is 0. The average Bonchev–Trinajstić information content (AvgIpc) is 2.56. The second kappa shape index (κ2) is 5.91. The third kappa shape index (κ3) is 3.02. The number of rotatable bonds is 3. The zero-order valence-electron chi connectivity index (χ0n) is 11.6. The number of carbonyl (C=O) groups is 1. The van der Waals surface area contributed by atoms with E-state index in [9.17, 15) is 4.79 Å². The van der Waals surface area contributed by atoms with Crippen LogP contribution in [0, 0.1) is 5.92 Å². The van der Waals surface area contributed by atoms with E-state index in [1.807, 2.05) is 47.4 Å². The summed E-state index contributed by atoms with van der Waals surface area (Å²) in [6.07, 6.45) is 1.61. The van der Waals surface area contributed by atoms with Crippen LogP contribution < -0.4 is 4.90 Å². The normalized spacial score (nSPS) is 18.5. The number of carboxylic acids is 1. The van der Waals surface area contributed by atoms with Crippen molar-refractivity contribution in [1.29, 1.82) is 0 Å². The van der Waals surface area contributed by atoms with Crippen LogP contribution in [0.3, 0.4) is 0 Å². The third-order valence-electron chi connectivity index (χ3n) is 3.81. The van der Waals surface area contributed by atoms with Crippen molar-refractivity contribution in [2.45, 2.75) is 12.8 Å². The number of aromatic nitrogens is 2. The first kappa shape index (κ1) is 13.5. The monoisotopic (exact) mass is 283 g/mol. The van der Waals surface area contributed by atoms with E-state index < -0.39 is 5.97 Å². The first-order valence-electron chi connectivity index (χ1n) is 7.11. The Kier molecular flexibility index (Phi) is 3.81. The molecule has 108 valence electrons. The zero-order valence-corrected chi connectivity index (χ0v) is 11.6. The molecule has 1 atom stereocenters. The maximum absolute atomic E-state index is 11.1. The van der Waals surface area contributed by atoms with Crippen molar-refractivity contribution in [2.24, 2.45) is 5.92 Å². The van der Waals surface area contributed by atoms with E-state index in [0.717, 1.165) is 36.5 Å². The van der Waals surface area contributed by atoms with Gasteiger partial charge in [-0.15, -0.1) is 10.2 Å². The van der Waals surface area contributed by atoms with Crippen LogP contribution >= 0.6 is 0 Å². The fourth-order valence-electron chi connectivity index (χ4n) is 2.64. The predicted molar refractivity (Wildman–Crippen MR) is 80.0 cm³/mol. The Balaban J connectivity index is 1.76. The highest BCUT2D eigenvalue weighted by atomic mass is 16.4. The molecule has 5 nitrogen and oxygen atoms in total. The van der Waals surface area contributed by atoms with Gasteiger partial charge in [-0.25, -0.2) is 0 Å². The Hall–Kier alpha value is -2.43. The Bertz CT molecular complexity index is 613. The van der Waals surface area contributed by atoms with Crippen molar-refractivity contribution in [3.63, 3.8) is 0 Å². The van der Waals surface area contributed by atoms with Crippen molar-refractivity contribution < 1.29 is 9.90 Å². The Morgan fingerprint density at radius 3 is 2.62 bits per heavy atom. The third-order valence-corrected chi connectivity index (χ3v) is 3.81. The molecular weight excluding hydrogens is 266 g/mol. The van der Waals surface area contributed by atoms with Crippen molar-refractivity contribution in [1.82, 2.24) is 10.2 Å². The lowest BCUT2D eigenvalue weighted by Gasteiger charge is -2.31. The number of anilines is 1. The van der Waals surface area contributed by atoms with E-state index in [-0.39, 0.29) is 5.92 Å². The number of hydrogen-bond acceptors (Lipinski definition) is 4. The molecular formula is C16H17N3O2. The topological polar surface area (TPSA) is 66.3 Å². The molecule has 3 rings (SSSR count). The zero-order chi connectivity index (χ0) is 14.7. The van der Waals surface area contributed by atoms with Gasteiger partial charge in [0, 0.05) is 18.7 Å². The van der Waals surface area contributed by atoms with Gasteiger partial charge in [0.2, 0.25) is 0 Å². The van der Waals surface area contributed by atoms with Crippen LogP contribution in [-0.2, 0) is 4.79 Å². The summed E-state index contributed by atoms with van der Waals surface area (Å²) >= 11 is 0. The van der Waals surface area contributed by atoms with Gasteiger partial charge in [0.1, 0.15) is 0 Å². The lowest BCUT2D eigenvalue weighted by Crippen LogP contribution is -2.39. The summed E-state index contributed by atoms with van der Waals surface area (Å²) in [5.41, 5.74) is 1.85. The minimum atomic E-state index is -0.728. The van der Waals surface area contributed by atoms with Crippen LogP contribution in [-0.4, -0.2) is 34.4 Å². The maximum Gasteiger partial charge on any atom is 0.308 e. The lowest BCUT2D eigenvalue weighted by molar-refractivity contribution is -0.141. The number of carboxylic acid groups (broad SMARTS) is 1. The Morgan fingerprint density at radius 1 is 1.14 bits per heavy atom. The van der Waals surface area contributed by atoms with Gasteiger partial charge in [-0.3, -0.25) is 4.79 Å². The van der Waals surface area contributed by atoms with Gasteiger partial charge in [0.15, 0.2) is 5.82 Å². The molecule has 0 aliphatic carbocycles. The fraction of sp³-hybridized carbons (Fsp3) is 0.312. The minimum Gasteiger partial charge on any atom is -0.481 e. The van der Waals surface area contributed by atoms with Crippen LogP contribution in [0.5, 0.6) is 0 Å². The summed E-state index contributed by atoms with van der Waals surface area (Å²) < 4.78 is 0. The lowest BCUT2D eigenvalue weighted by atomic mass is 9.98. The van der Waals surface area contributed by atoms with Crippen molar-refractivity contribution in [2.75, 3.05) is 18.0 Å². The molecule has 1 aliphatic heterocycles. The van der Waals surface area contributed by atoms with E-state index in [4.69, 9.17) is 5.11 Å². The van der Waals surface area contributed by atoms with E-state index in [0.29, 0.717) is 6.54 Å². The smallest absolute Gasteiger partial charge is 0.308 e. The van der Waals surface area contributed by atoms with Crippen LogP contribution in [0.15, 0.2) is 42.5 Å². The molecule has 0 amide bonds. The van der Waals surface area contributed by atoms with Crippen LogP contribution in [0.25, 0.3) is 11.3 Å².